The standard InChI is InChI=1S/C15H16N4OS4/c1-7-3-4-8-9(5-7)23-13-11(8)12(20)16-10(17-13)6-22-15-19-18-14(21-2)24-15/h7H,3-6H2,1-2H3,(H,16,17,20)/t7-/m1/s1. The molecule has 1 N–H and O–H groups in total. The molecule has 126 valence electrons. The van der Waals surface area contributed by atoms with Gasteiger partial charge in [0.1, 0.15) is 10.7 Å². The van der Waals surface area contributed by atoms with E-state index >= 15 is 0 Å². The third-order valence-corrected chi connectivity index (χ3v) is 8.30. The molecule has 0 spiro atoms. The quantitative estimate of drug-likeness (QED) is 0.673. The second kappa shape index (κ2) is 6.78. The van der Waals surface area contributed by atoms with Crippen LogP contribution in [0.5, 0.6) is 0 Å². The summed E-state index contributed by atoms with van der Waals surface area (Å²) in [6, 6.07) is 0. The van der Waals surface area contributed by atoms with Crippen LogP contribution in [0.2, 0.25) is 0 Å². The van der Waals surface area contributed by atoms with E-state index in [9.17, 15) is 4.79 Å². The maximum atomic E-state index is 12.5. The maximum absolute atomic E-state index is 12.5. The molecular formula is C15H16N4OS4. The normalized spacial score (nSPS) is 17.3. The van der Waals surface area contributed by atoms with Crippen molar-refractivity contribution in [1.29, 1.82) is 0 Å². The smallest absolute Gasteiger partial charge is 0.259 e. The van der Waals surface area contributed by atoms with Gasteiger partial charge < -0.3 is 4.98 Å². The van der Waals surface area contributed by atoms with Crippen molar-refractivity contribution < 1.29 is 0 Å². The zero-order valence-corrected chi connectivity index (χ0v) is 16.6. The topological polar surface area (TPSA) is 71.5 Å². The molecule has 0 aromatic carbocycles. The molecule has 1 atom stereocenters. The lowest BCUT2D eigenvalue weighted by Gasteiger charge is -2.17. The largest absolute Gasteiger partial charge is 0.309 e. The predicted molar refractivity (Wildman–Crippen MR) is 103 cm³/mol. The van der Waals surface area contributed by atoms with E-state index in [0.717, 1.165) is 38.2 Å². The second-order valence-corrected chi connectivity index (χ2v) is 10.2. The molecule has 1 aliphatic carbocycles. The summed E-state index contributed by atoms with van der Waals surface area (Å²) >= 11 is 6.42. The fourth-order valence-corrected chi connectivity index (χ4v) is 6.64. The summed E-state index contributed by atoms with van der Waals surface area (Å²) in [7, 11) is 0. The van der Waals surface area contributed by atoms with Crippen molar-refractivity contribution in [2.45, 2.75) is 40.6 Å². The van der Waals surface area contributed by atoms with E-state index in [0.29, 0.717) is 17.5 Å². The van der Waals surface area contributed by atoms with Gasteiger partial charge in [-0.3, -0.25) is 4.79 Å². The van der Waals surface area contributed by atoms with Gasteiger partial charge in [-0.1, -0.05) is 41.8 Å². The molecule has 24 heavy (non-hydrogen) atoms. The summed E-state index contributed by atoms with van der Waals surface area (Å²) < 4.78 is 1.86. The van der Waals surface area contributed by atoms with Gasteiger partial charge >= 0.3 is 0 Å². The first-order valence-electron chi connectivity index (χ1n) is 7.67. The zero-order chi connectivity index (χ0) is 16.7. The lowest BCUT2D eigenvalue weighted by atomic mass is 9.89. The van der Waals surface area contributed by atoms with Crippen LogP contribution in [-0.4, -0.2) is 26.4 Å². The lowest BCUT2D eigenvalue weighted by Crippen LogP contribution is -2.14. The van der Waals surface area contributed by atoms with Crippen molar-refractivity contribution in [2.75, 3.05) is 6.26 Å². The van der Waals surface area contributed by atoms with Crippen LogP contribution in [0.3, 0.4) is 0 Å². The van der Waals surface area contributed by atoms with Crippen molar-refractivity contribution in [3.05, 3.63) is 26.6 Å². The fraction of sp³-hybridized carbons (Fsp3) is 0.467. The van der Waals surface area contributed by atoms with E-state index in [-0.39, 0.29) is 5.56 Å². The van der Waals surface area contributed by atoms with Crippen LogP contribution in [0.1, 0.15) is 29.6 Å². The van der Waals surface area contributed by atoms with Crippen LogP contribution >= 0.6 is 46.2 Å². The van der Waals surface area contributed by atoms with E-state index in [1.165, 1.54) is 10.4 Å². The summed E-state index contributed by atoms with van der Waals surface area (Å²) in [6.45, 7) is 2.28. The molecule has 0 amide bonds. The van der Waals surface area contributed by atoms with Gasteiger partial charge in [0.05, 0.1) is 11.1 Å². The number of nitrogens with zero attached hydrogens (tertiary/aromatic N) is 3. The van der Waals surface area contributed by atoms with Gasteiger partial charge in [0.2, 0.25) is 0 Å². The molecule has 0 saturated carbocycles. The monoisotopic (exact) mass is 396 g/mol. The first kappa shape index (κ1) is 16.6. The molecule has 0 unspecified atom stereocenters. The Labute approximate surface area is 155 Å². The molecule has 3 aromatic heterocycles. The second-order valence-electron chi connectivity index (χ2n) is 5.87. The maximum Gasteiger partial charge on any atom is 0.259 e. The molecular weight excluding hydrogens is 380 g/mol. The summed E-state index contributed by atoms with van der Waals surface area (Å²) in [5.41, 5.74) is 1.24. The first-order chi connectivity index (χ1) is 11.6. The van der Waals surface area contributed by atoms with Gasteiger partial charge in [0, 0.05) is 4.88 Å². The van der Waals surface area contributed by atoms with Crippen molar-refractivity contribution in [2.24, 2.45) is 5.92 Å². The number of thiophene rings is 1. The van der Waals surface area contributed by atoms with E-state index in [4.69, 9.17) is 4.98 Å². The summed E-state index contributed by atoms with van der Waals surface area (Å²) in [5, 5.41) is 9.04. The van der Waals surface area contributed by atoms with Crippen LogP contribution in [0, 0.1) is 5.92 Å². The number of hydrogen-bond donors (Lipinski definition) is 1. The number of aromatic nitrogens is 4. The van der Waals surface area contributed by atoms with E-state index < -0.39 is 0 Å². The number of aryl methyl sites for hydroxylation is 1. The van der Waals surface area contributed by atoms with Crippen molar-refractivity contribution in [1.82, 2.24) is 20.2 Å². The van der Waals surface area contributed by atoms with E-state index in [1.807, 2.05) is 6.26 Å². The number of fused-ring (bicyclic) bond motifs is 3. The number of H-pyrrole nitrogens is 1. The van der Waals surface area contributed by atoms with Crippen molar-refractivity contribution in [3.63, 3.8) is 0 Å². The molecule has 0 bridgehead atoms. The van der Waals surface area contributed by atoms with Gasteiger partial charge in [-0.15, -0.1) is 21.5 Å². The number of nitrogens with one attached hydrogen (secondary N) is 1. The highest BCUT2D eigenvalue weighted by Crippen LogP contribution is 2.36. The number of thioether (sulfide) groups is 2. The molecule has 1 aliphatic rings. The number of hydrogen-bond acceptors (Lipinski definition) is 8. The average Bonchev–Trinajstić information content (AvgIpc) is 3.16. The van der Waals surface area contributed by atoms with Crippen LogP contribution in [0.15, 0.2) is 13.5 Å². The summed E-state index contributed by atoms with van der Waals surface area (Å²) in [6.07, 6.45) is 5.21. The molecule has 3 aromatic rings. The molecule has 9 heteroatoms. The highest BCUT2D eigenvalue weighted by molar-refractivity contribution is 8.02. The predicted octanol–water partition coefficient (Wildman–Crippen LogP) is 3.98. The highest BCUT2D eigenvalue weighted by Gasteiger charge is 2.23. The van der Waals surface area contributed by atoms with Gasteiger partial charge in [0.15, 0.2) is 8.68 Å². The molecule has 3 heterocycles. The Balaban J connectivity index is 1.62. The van der Waals surface area contributed by atoms with E-state index in [2.05, 4.69) is 22.1 Å². The first-order valence-corrected chi connectivity index (χ1v) is 11.5. The van der Waals surface area contributed by atoms with Gasteiger partial charge in [-0.05, 0) is 37.0 Å². The average molecular weight is 397 g/mol. The van der Waals surface area contributed by atoms with Crippen molar-refractivity contribution >= 4 is 56.4 Å². The zero-order valence-electron chi connectivity index (χ0n) is 13.3. The Kier molecular flexibility index (Phi) is 4.68. The Morgan fingerprint density at radius 1 is 1.29 bits per heavy atom. The van der Waals surface area contributed by atoms with Gasteiger partial charge in [-0.25, -0.2) is 4.98 Å². The fourth-order valence-electron chi connectivity index (χ4n) is 2.93. The van der Waals surface area contributed by atoms with Crippen LogP contribution in [0.25, 0.3) is 10.2 Å². The Bertz CT molecular complexity index is 945. The minimum Gasteiger partial charge on any atom is -0.309 e. The third-order valence-electron chi connectivity index (χ3n) is 4.11. The third kappa shape index (κ3) is 3.14. The molecule has 0 radical (unpaired) electrons. The Hall–Kier alpha value is -0.900. The van der Waals surface area contributed by atoms with Gasteiger partial charge in [-0.2, -0.15) is 0 Å². The Morgan fingerprint density at radius 3 is 2.92 bits per heavy atom. The molecule has 5 nitrogen and oxygen atoms in total. The summed E-state index contributed by atoms with van der Waals surface area (Å²) in [5.74, 6) is 2.01. The summed E-state index contributed by atoms with van der Waals surface area (Å²) in [4.78, 5) is 22.4. The van der Waals surface area contributed by atoms with Crippen LogP contribution in [0.4, 0.5) is 0 Å². The molecule has 4 rings (SSSR count). The van der Waals surface area contributed by atoms with Gasteiger partial charge in [0.25, 0.3) is 5.56 Å². The van der Waals surface area contributed by atoms with Crippen LogP contribution < -0.4 is 5.56 Å². The number of aromatic amines is 1. The Morgan fingerprint density at radius 2 is 2.12 bits per heavy atom. The SMILES string of the molecule is CSc1nnc(SCc2nc3sc4c(c3c(=O)[nH]2)CC[C@@H](C)C4)s1. The highest BCUT2D eigenvalue weighted by atomic mass is 32.2. The minimum atomic E-state index is 0.00437. The van der Waals surface area contributed by atoms with Crippen molar-refractivity contribution in [3.8, 4) is 0 Å². The minimum absolute atomic E-state index is 0.00437. The number of rotatable bonds is 4. The molecule has 0 saturated heterocycles. The van der Waals surface area contributed by atoms with Crippen LogP contribution in [-0.2, 0) is 18.6 Å². The van der Waals surface area contributed by atoms with E-state index in [1.54, 1.807) is 46.2 Å². The molecule has 0 fully saturated rings. The molecule has 0 aliphatic heterocycles. The lowest BCUT2D eigenvalue weighted by molar-refractivity contribution is 0.509.